The van der Waals surface area contributed by atoms with E-state index in [9.17, 15) is 13.2 Å². The lowest BCUT2D eigenvalue weighted by molar-refractivity contribution is -0.179. The lowest BCUT2D eigenvalue weighted by Crippen LogP contribution is -2.39. The highest BCUT2D eigenvalue weighted by Gasteiger charge is 2.55. The molecule has 1 aliphatic carbocycles. The smallest absolute Gasteiger partial charge is 0.391 e. The molecule has 1 aromatic heterocycles. The van der Waals surface area contributed by atoms with Crippen molar-refractivity contribution in [3.05, 3.63) is 17.7 Å². The van der Waals surface area contributed by atoms with E-state index < -0.39 is 17.6 Å². The minimum atomic E-state index is -4.12. The van der Waals surface area contributed by atoms with Crippen molar-refractivity contribution in [2.75, 3.05) is 31.1 Å². The third-order valence-electron chi connectivity index (χ3n) is 6.08. The second-order valence-electron chi connectivity index (χ2n) is 8.65. The average molecular weight is 384 g/mol. The Labute approximate surface area is 157 Å². The molecule has 3 heterocycles. The van der Waals surface area contributed by atoms with Crippen LogP contribution in [0.25, 0.3) is 0 Å². The van der Waals surface area contributed by atoms with Crippen molar-refractivity contribution in [2.45, 2.75) is 44.5 Å². The van der Waals surface area contributed by atoms with Crippen molar-refractivity contribution in [1.82, 2.24) is 10.3 Å². The van der Waals surface area contributed by atoms with Crippen LogP contribution in [0.3, 0.4) is 0 Å². The van der Waals surface area contributed by atoms with Gasteiger partial charge in [0.25, 0.3) is 0 Å². The molecule has 150 valence electrons. The first kappa shape index (κ1) is 18.8. The molecule has 2 saturated heterocycles. The lowest BCUT2D eigenvalue weighted by Gasteiger charge is -2.34. The van der Waals surface area contributed by atoms with Gasteiger partial charge >= 0.3 is 6.18 Å². The third kappa shape index (κ3) is 3.87. The van der Waals surface area contributed by atoms with Gasteiger partial charge in [0, 0.05) is 49.6 Å². The van der Waals surface area contributed by atoms with Gasteiger partial charge in [-0.15, -0.1) is 0 Å². The average Bonchev–Trinajstić information content (AvgIpc) is 3.02. The van der Waals surface area contributed by atoms with E-state index in [1.165, 1.54) is 0 Å². The molecule has 3 fully saturated rings. The molecule has 0 unspecified atom stereocenters. The van der Waals surface area contributed by atoms with E-state index in [-0.39, 0.29) is 18.9 Å². The Hall–Kier alpha value is -1.54. The Balaban J connectivity index is 1.52. The molecule has 8 heteroatoms. The number of aromatic nitrogens is 1. The van der Waals surface area contributed by atoms with Crippen LogP contribution in [0.1, 0.15) is 32.3 Å². The van der Waals surface area contributed by atoms with Gasteiger partial charge < -0.3 is 20.7 Å². The van der Waals surface area contributed by atoms with Gasteiger partial charge in [0.05, 0.1) is 5.92 Å². The van der Waals surface area contributed by atoms with Gasteiger partial charge in [-0.1, -0.05) is 0 Å². The number of alkyl halides is 3. The number of hydrogen-bond acceptors (Lipinski definition) is 5. The van der Waals surface area contributed by atoms with Crippen molar-refractivity contribution >= 4 is 5.82 Å². The molecule has 1 aromatic rings. The zero-order valence-electron chi connectivity index (χ0n) is 15.7. The van der Waals surface area contributed by atoms with Gasteiger partial charge in [-0.3, -0.25) is 0 Å². The lowest BCUT2D eigenvalue weighted by atomic mass is 9.94. The van der Waals surface area contributed by atoms with Gasteiger partial charge in [0.2, 0.25) is 5.88 Å². The van der Waals surface area contributed by atoms with Crippen LogP contribution in [-0.2, 0) is 5.54 Å². The summed E-state index contributed by atoms with van der Waals surface area (Å²) in [5, 5.41) is 3.33. The van der Waals surface area contributed by atoms with Crippen molar-refractivity contribution < 1.29 is 17.9 Å². The molecular weight excluding hydrogens is 357 g/mol. The van der Waals surface area contributed by atoms with Crippen molar-refractivity contribution in [2.24, 2.45) is 23.5 Å². The van der Waals surface area contributed by atoms with Crippen LogP contribution in [0.4, 0.5) is 19.0 Å². The van der Waals surface area contributed by atoms with Crippen LogP contribution in [0, 0.1) is 17.8 Å². The van der Waals surface area contributed by atoms with Crippen LogP contribution < -0.4 is 20.7 Å². The minimum Gasteiger partial charge on any atom is -0.474 e. The molecule has 3 atom stereocenters. The van der Waals surface area contributed by atoms with Gasteiger partial charge in [-0.05, 0) is 38.3 Å². The van der Waals surface area contributed by atoms with Crippen LogP contribution in [-0.4, -0.2) is 43.4 Å². The molecule has 0 bridgehead atoms. The Kier molecular flexibility index (Phi) is 4.54. The zero-order valence-corrected chi connectivity index (χ0v) is 15.7. The number of nitrogens with zero attached hydrogens (tertiary/aromatic N) is 2. The normalized spacial score (nSPS) is 29.0. The number of rotatable bonds is 4. The largest absolute Gasteiger partial charge is 0.474 e. The number of nitrogens with two attached hydrogens (primary N) is 1. The van der Waals surface area contributed by atoms with Crippen LogP contribution >= 0.6 is 0 Å². The summed E-state index contributed by atoms with van der Waals surface area (Å²) in [6.45, 7) is 6.42. The van der Waals surface area contributed by atoms with Crippen LogP contribution in [0.15, 0.2) is 12.1 Å². The fourth-order valence-electron chi connectivity index (χ4n) is 4.20. The first-order valence-corrected chi connectivity index (χ1v) is 9.63. The second-order valence-corrected chi connectivity index (χ2v) is 8.65. The monoisotopic (exact) mass is 384 g/mol. The highest BCUT2D eigenvalue weighted by atomic mass is 19.4. The van der Waals surface area contributed by atoms with E-state index >= 15 is 0 Å². The first-order chi connectivity index (χ1) is 12.6. The number of halogens is 3. The Morgan fingerprint density at radius 3 is 2.33 bits per heavy atom. The van der Waals surface area contributed by atoms with E-state index in [1.807, 2.05) is 30.9 Å². The van der Waals surface area contributed by atoms with Crippen molar-refractivity contribution in [3.63, 3.8) is 0 Å². The Morgan fingerprint density at radius 1 is 1.15 bits per heavy atom. The van der Waals surface area contributed by atoms with Crippen molar-refractivity contribution in [1.29, 1.82) is 0 Å². The molecule has 4 rings (SSSR count). The summed E-state index contributed by atoms with van der Waals surface area (Å²) in [7, 11) is 0. The van der Waals surface area contributed by atoms with Crippen molar-refractivity contribution in [3.8, 4) is 5.88 Å². The fraction of sp³-hybridized carbons (Fsp3) is 0.737. The number of piperidine rings is 2. The second kappa shape index (κ2) is 6.51. The third-order valence-corrected chi connectivity index (χ3v) is 6.08. The predicted molar refractivity (Wildman–Crippen MR) is 96.7 cm³/mol. The standard InChI is InChI=1S/C19H27F3N4O/c1-18(2,23)12-7-15(26-5-3-11(4-6-26)19(20,21)22)25-16(8-12)27-17-13-9-24-10-14(13)17/h7-8,11,13-14,17,24H,3-6,9-10,23H2,1-2H3/t13-,14+,17+. The maximum atomic E-state index is 12.9. The molecule has 3 aliphatic rings. The molecule has 0 amide bonds. The van der Waals surface area contributed by atoms with E-state index in [0.717, 1.165) is 18.7 Å². The molecule has 2 aliphatic heterocycles. The summed E-state index contributed by atoms with van der Waals surface area (Å²) < 4.78 is 44.9. The maximum absolute atomic E-state index is 12.9. The Bertz CT molecular complexity index is 685. The number of ether oxygens (including phenoxy) is 1. The SMILES string of the molecule is CC(C)(N)c1cc(O[C@H]2[C@@H]3CNC[C@@H]32)nc(N2CCC(C(F)(F)F)CC2)c1. The molecule has 0 spiro atoms. The molecule has 3 N–H and O–H groups in total. The van der Waals surface area contributed by atoms with Gasteiger partial charge in [-0.2, -0.15) is 18.2 Å². The fourth-order valence-corrected chi connectivity index (χ4v) is 4.20. The zero-order chi connectivity index (χ0) is 19.4. The van der Waals surface area contributed by atoms with Gasteiger partial charge in [0.1, 0.15) is 11.9 Å². The highest BCUT2D eigenvalue weighted by molar-refractivity contribution is 5.46. The van der Waals surface area contributed by atoms with Gasteiger partial charge in [0.15, 0.2) is 0 Å². The number of pyridine rings is 1. The number of nitrogens with one attached hydrogen (secondary N) is 1. The summed E-state index contributed by atoms with van der Waals surface area (Å²) in [6.07, 6.45) is -3.75. The number of fused-ring (bicyclic) bond motifs is 1. The predicted octanol–water partition coefficient (Wildman–Crippen LogP) is 2.65. The van der Waals surface area contributed by atoms with Crippen LogP contribution in [0.5, 0.6) is 5.88 Å². The molecule has 0 aromatic carbocycles. The summed E-state index contributed by atoms with van der Waals surface area (Å²) >= 11 is 0. The summed E-state index contributed by atoms with van der Waals surface area (Å²) in [5.41, 5.74) is 6.58. The van der Waals surface area contributed by atoms with E-state index in [2.05, 4.69) is 10.3 Å². The molecule has 5 nitrogen and oxygen atoms in total. The van der Waals surface area contributed by atoms with E-state index in [1.54, 1.807) is 0 Å². The van der Waals surface area contributed by atoms with Crippen LogP contribution in [0.2, 0.25) is 0 Å². The minimum absolute atomic E-state index is 0.0933. The Morgan fingerprint density at radius 2 is 1.78 bits per heavy atom. The molecule has 27 heavy (non-hydrogen) atoms. The number of anilines is 1. The first-order valence-electron chi connectivity index (χ1n) is 9.63. The quantitative estimate of drug-likeness (QED) is 0.836. The number of hydrogen-bond donors (Lipinski definition) is 2. The maximum Gasteiger partial charge on any atom is 0.391 e. The molecule has 1 saturated carbocycles. The topological polar surface area (TPSA) is 63.4 Å². The molecular formula is C19H27F3N4O. The summed E-state index contributed by atoms with van der Waals surface area (Å²) in [6, 6.07) is 3.75. The summed E-state index contributed by atoms with van der Waals surface area (Å²) in [4.78, 5) is 6.53. The highest BCUT2D eigenvalue weighted by Crippen LogP contribution is 2.45. The van der Waals surface area contributed by atoms with Gasteiger partial charge in [-0.25, -0.2) is 0 Å². The summed E-state index contributed by atoms with van der Waals surface area (Å²) in [5.74, 6) is 1.03. The van der Waals surface area contributed by atoms with E-state index in [4.69, 9.17) is 10.5 Å². The molecule has 0 radical (unpaired) electrons. The van der Waals surface area contributed by atoms with E-state index in [0.29, 0.717) is 36.6 Å².